The van der Waals surface area contributed by atoms with Crippen molar-refractivity contribution in [3.63, 3.8) is 0 Å². The van der Waals surface area contributed by atoms with Crippen molar-refractivity contribution >= 4 is 29.0 Å². The van der Waals surface area contributed by atoms with Crippen LogP contribution in [-0.4, -0.2) is 30.0 Å². The van der Waals surface area contributed by atoms with Gasteiger partial charge in [0.1, 0.15) is 0 Å². The smallest absolute Gasteiger partial charge is 0.238 e. The van der Waals surface area contributed by atoms with Crippen LogP contribution < -0.4 is 10.6 Å². The van der Waals surface area contributed by atoms with Gasteiger partial charge >= 0.3 is 0 Å². The third kappa shape index (κ3) is 3.38. The predicted molar refractivity (Wildman–Crippen MR) is 86.3 cm³/mol. The molecule has 20 heavy (non-hydrogen) atoms. The summed E-state index contributed by atoms with van der Waals surface area (Å²) < 4.78 is 0. The summed E-state index contributed by atoms with van der Waals surface area (Å²) in [5.41, 5.74) is 0. The molecule has 2 atom stereocenters. The van der Waals surface area contributed by atoms with Crippen LogP contribution in [0.15, 0.2) is 17.5 Å². The standard InChI is InChI=1S/C15H22N2OS2/c18-15(12-10-19-9-7-16-12)17-14(11-4-1-2-5-11)13-6-3-8-20-13/h3,6,8,11-12,14,16H,1-2,4-5,7,9-10H2,(H,17,18). The Labute approximate surface area is 128 Å². The van der Waals surface area contributed by atoms with Gasteiger partial charge in [0.15, 0.2) is 0 Å². The van der Waals surface area contributed by atoms with E-state index in [9.17, 15) is 4.79 Å². The van der Waals surface area contributed by atoms with Crippen LogP contribution in [-0.2, 0) is 4.79 Å². The Balaban J connectivity index is 1.67. The summed E-state index contributed by atoms with van der Waals surface area (Å²) in [6.45, 7) is 0.940. The monoisotopic (exact) mass is 310 g/mol. The van der Waals surface area contributed by atoms with E-state index in [2.05, 4.69) is 28.1 Å². The van der Waals surface area contributed by atoms with Crippen LogP contribution in [0.4, 0.5) is 0 Å². The molecular weight excluding hydrogens is 288 g/mol. The number of carbonyl (C=O) groups excluding carboxylic acids is 1. The molecule has 5 heteroatoms. The summed E-state index contributed by atoms with van der Waals surface area (Å²) in [4.78, 5) is 13.8. The molecule has 3 nitrogen and oxygen atoms in total. The van der Waals surface area contributed by atoms with E-state index in [0.29, 0.717) is 5.92 Å². The number of rotatable bonds is 4. The van der Waals surface area contributed by atoms with Crippen molar-refractivity contribution in [3.8, 4) is 0 Å². The molecule has 2 fully saturated rings. The summed E-state index contributed by atoms with van der Waals surface area (Å²) >= 11 is 3.63. The average molecular weight is 310 g/mol. The minimum Gasteiger partial charge on any atom is -0.347 e. The summed E-state index contributed by atoms with van der Waals surface area (Å²) in [5, 5.41) is 8.77. The van der Waals surface area contributed by atoms with Crippen LogP contribution in [0.1, 0.15) is 36.6 Å². The third-order valence-corrected chi connectivity index (χ3v) is 6.27. The van der Waals surface area contributed by atoms with Crippen LogP contribution >= 0.6 is 23.1 Å². The highest BCUT2D eigenvalue weighted by Crippen LogP contribution is 2.37. The topological polar surface area (TPSA) is 41.1 Å². The van der Waals surface area contributed by atoms with Crippen molar-refractivity contribution in [2.75, 3.05) is 18.1 Å². The molecule has 1 aliphatic heterocycles. The zero-order valence-electron chi connectivity index (χ0n) is 11.6. The van der Waals surface area contributed by atoms with Gasteiger partial charge in [-0.1, -0.05) is 18.9 Å². The number of hydrogen-bond acceptors (Lipinski definition) is 4. The molecule has 1 aliphatic carbocycles. The molecule has 0 spiro atoms. The fourth-order valence-electron chi connectivity index (χ4n) is 3.17. The number of thioether (sulfide) groups is 1. The predicted octanol–water partition coefficient (Wildman–Crippen LogP) is 2.80. The molecule has 0 aromatic carbocycles. The third-order valence-electron chi connectivity index (χ3n) is 4.26. The first-order valence-electron chi connectivity index (χ1n) is 7.49. The Bertz CT molecular complexity index is 423. The van der Waals surface area contributed by atoms with E-state index in [0.717, 1.165) is 18.1 Å². The van der Waals surface area contributed by atoms with Gasteiger partial charge in [-0.25, -0.2) is 0 Å². The van der Waals surface area contributed by atoms with E-state index >= 15 is 0 Å². The molecule has 3 rings (SSSR count). The van der Waals surface area contributed by atoms with Gasteiger partial charge in [-0.05, 0) is 30.2 Å². The van der Waals surface area contributed by atoms with E-state index in [1.807, 2.05) is 11.8 Å². The molecule has 1 amide bonds. The molecular formula is C15H22N2OS2. The van der Waals surface area contributed by atoms with Crippen molar-refractivity contribution in [3.05, 3.63) is 22.4 Å². The van der Waals surface area contributed by atoms with Gasteiger partial charge in [-0.2, -0.15) is 11.8 Å². The average Bonchev–Trinajstić information content (AvgIpc) is 3.19. The van der Waals surface area contributed by atoms with Crippen molar-refractivity contribution in [1.82, 2.24) is 10.6 Å². The largest absolute Gasteiger partial charge is 0.347 e. The Morgan fingerprint density at radius 1 is 1.40 bits per heavy atom. The molecule has 110 valence electrons. The molecule has 1 saturated heterocycles. The number of carbonyl (C=O) groups is 1. The molecule has 2 aliphatic rings. The Morgan fingerprint density at radius 2 is 2.25 bits per heavy atom. The van der Waals surface area contributed by atoms with Gasteiger partial charge in [0.25, 0.3) is 0 Å². The summed E-state index contributed by atoms with van der Waals surface area (Å²) in [6.07, 6.45) is 5.10. The van der Waals surface area contributed by atoms with Crippen LogP contribution in [0.3, 0.4) is 0 Å². The van der Waals surface area contributed by atoms with Crippen molar-refractivity contribution in [2.45, 2.75) is 37.8 Å². The fourth-order valence-corrected chi connectivity index (χ4v) is 4.97. The molecule has 1 aromatic heterocycles. The highest BCUT2D eigenvalue weighted by Gasteiger charge is 2.30. The van der Waals surface area contributed by atoms with Gasteiger partial charge in [0, 0.05) is 22.9 Å². The lowest BCUT2D eigenvalue weighted by Gasteiger charge is -2.28. The number of amides is 1. The van der Waals surface area contributed by atoms with E-state index in [-0.39, 0.29) is 18.0 Å². The van der Waals surface area contributed by atoms with Crippen molar-refractivity contribution < 1.29 is 4.79 Å². The minimum absolute atomic E-state index is 0.0161. The van der Waals surface area contributed by atoms with Gasteiger partial charge < -0.3 is 10.6 Å². The van der Waals surface area contributed by atoms with Crippen LogP contribution in [0.2, 0.25) is 0 Å². The van der Waals surface area contributed by atoms with E-state index in [4.69, 9.17) is 0 Å². The highest BCUT2D eigenvalue weighted by molar-refractivity contribution is 7.99. The number of thiophene rings is 1. The maximum atomic E-state index is 12.5. The maximum absolute atomic E-state index is 12.5. The zero-order valence-corrected chi connectivity index (χ0v) is 13.3. The summed E-state index contributed by atoms with van der Waals surface area (Å²) in [6, 6.07) is 4.45. The van der Waals surface area contributed by atoms with E-state index in [1.54, 1.807) is 11.3 Å². The van der Waals surface area contributed by atoms with Crippen molar-refractivity contribution in [2.24, 2.45) is 5.92 Å². The molecule has 0 radical (unpaired) electrons. The van der Waals surface area contributed by atoms with E-state index < -0.39 is 0 Å². The lowest BCUT2D eigenvalue weighted by molar-refractivity contribution is -0.123. The zero-order chi connectivity index (χ0) is 13.8. The number of nitrogens with one attached hydrogen (secondary N) is 2. The first-order valence-corrected chi connectivity index (χ1v) is 9.53. The second-order valence-corrected chi connectivity index (χ2v) is 7.76. The normalized spacial score (nSPS) is 25.5. The first kappa shape index (κ1) is 14.4. The maximum Gasteiger partial charge on any atom is 0.238 e. The molecule has 1 aromatic rings. The molecule has 2 heterocycles. The van der Waals surface area contributed by atoms with E-state index in [1.165, 1.54) is 30.6 Å². The Hall–Kier alpha value is -0.520. The Kier molecular flexibility index (Phi) is 5.02. The fraction of sp³-hybridized carbons (Fsp3) is 0.667. The highest BCUT2D eigenvalue weighted by atomic mass is 32.2. The quantitative estimate of drug-likeness (QED) is 0.898. The minimum atomic E-state index is -0.0161. The lowest BCUT2D eigenvalue weighted by Crippen LogP contribution is -2.50. The van der Waals surface area contributed by atoms with Gasteiger partial charge in [0.2, 0.25) is 5.91 Å². The molecule has 2 N–H and O–H groups in total. The van der Waals surface area contributed by atoms with Crippen LogP contribution in [0.5, 0.6) is 0 Å². The van der Waals surface area contributed by atoms with Gasteiger partial charge in [0.05, 0.1) is 12.1 Å². The van der Waals surface area contributed by atoms with Gasteiger partial charge in [-0.3, -0.25) is 4.79 Å². The second-order valence-electron chi connectivity index (χ2n) is 5.63. The second kappa shape index (κ2) is 6.96. The number of hydrogen-bond donors (Lipinski definition) is 2. The SMILES string of the molecule is O=C(NC(c1cccs1)C1CCCC1)C1CSCCN1. The van der Waals surface area contributed by atoms with Crippen LogP contribution in [0.25, 0.3) is 0 Å². The molecule has 0 bridgehead atoms. The van der Waals surface area contributed by atoms with Crippen molar-refractivity contribution in [1.29, 1.82) is 0 Å². The van der Waals surface area contributed by atoms with Gasteiger partial charge in [-0.15, -0.1) is 11.3 Å². The summed E-state index contributed by atoms with van der Waals surface area (Å²) in [5.74, 6) is 2.81. The molecule has 1 saturated carbocycles. The Morgan fingerprint density at radius 3 is 2.90 bits per heavy atom. The molecule has 2 unspecified atom stereocenters. The first-order chi connectivity index (χ1) is 9.84. The summed E-state index contributed by atoms with van der Waals surface area (Å²) in [7, 11) is 0. The lowest BCUT2D eigenvalue weighted by atomic mass is 9.96. The van der Waals surface area contributed by atoms with Crippen LogP contribution in [0, 0.1) is 5.92 Å².